The van der Waals surface area contributed by atoms with Gasteiger partial charge in [-0.3, -0.25) is 4.98 Å². The molecule has 100 valence electrons. The SMILES string of the molecule is CN(C)c1noc(CNC(=O)Nc2cccnc2)n1. The number of hydrogen-bond donors (Lipinski definition) is 2. The van der Waals surface area contributed by atoms with E-state index >= 15 is 0 Å². The van der Waals surface area contributed by atoms with Crippen molar-refractivity contribution in [2.45, 2.75) is 6.54 Å². The molecule has 0 radical (unpaired) electrons. The van der Waals surface area contributed by atoms with Gasteiger partial charge in [0.25, 0.3) is 5.95 Å². The molecule has 0 bridgehead atoms. The highest BCUT2D eigenvalue weighted by Gasteiger charge is 2.09. The van der Waals surface area contributed by atoms with Crippen molar-refractivity contribution in [2.24, 2.45) is 0 Å². The highest BCUT2D eigenvalue weighted by molar-refractivity contribution is 5.88. The predicted octanol–water partition coefficient (Wildman–Crippen LogP) is 0.852. The Morgan fingerprint density at radius 2 is 2.32 bits per heavy atom. The number of anilines is 2. The molecule has 8 nitrogen and oxygen atoms in total. The smallest absolute Gasteiger partial charge is 0.319 e. The van der Waals surface area contributed by atoms with Crippen LogP contribution in [0.2, 0.25) is 0 Å². The molecule has 2 N–H and O–H groups in total. The van der Waals surface area contributed by atoms with Gasteiger partial charge in [-0.1, -0.05) is 0 Å². The molecule has 0 atom stereocenters. The van der Waals surface area contributed by atoms with Gasteiger partial charge in [0.15, 0.2) is 0 Å². The van der Waals surface area contributed by atoms with Gasteiger partial charge in [-0.25, -0.2) is 4.79 Å². The number of nitrogens with zero attached hydrogens (tertiary/aromatic N) is 4. The van der Waals surface area contributed by atoms with Crippen LogP contribution in [0.4, 0.5) is 16.4 Å². The normalized spacial score (nSPS) is 10.0. The fourth-order valence-electron chi connectivity index (χ4n) is 1.27. The largest absolute Gasteiger partial charge is 0.344 e. The second-order valence-corrected chi connectivity index (χ2v) is 3.93. The molecule has 19 heavy (non-hydrogen) atoms. The number of nitrogens with one attached hydrogen (secondary N) is 2. The van der Waals surface area contributed by atoms with Gasteiger partial charge >= 0.3 is 6.03 Å². The van der Waals surface area contributed by atoms with Gasteiger partial charge in [0.2, 0.25) is 5.89 Å². The Kier molecular flexibility index (Phi) is 3.91. The maximum absolute atomic E-state index is 11.6. The van der Waals surface area contributed by atoms with Crippen molar-refractivity contribution in [3.8, 4) is 0 Å². The molecule has 0 aliphatic rings. The van der Waals surface area contributed by atoms with E-state index in [0.29, 0.717) is 17.5 Å². The van der Waals surface area contributed by atoms with Gasteiger partial charge in [0.05, 0.1) is 18.4 Å². The van der Waals surface area contributed by atoms with Crippen LogP contribution in [0, 0.1) is 0 Å². The maximum atomic E-state index is 11.6. The zero-order valence-corrected chi connectivity index (χ0v) is 10.6. The summed E-state index contributed by atoms with van der Waals surface area (Å²) < 4.78 is 4.97. The summed E-state index contributed by atoms with van der Waals surface area (Å²) in [5.74, 6) is 0.800. The molecule has 2 aromatic rings. The molecule has 2 aromatic heterocycles. The maximum Gasteiger partial charge on any atom is 0.319 e. The average Bonchev–Trinajstić information content (AvgIpc) is 2.86. The molecule has 2 heterocycles. The van der Waals surface area contributed by atoms with E-state index < -0.39 is 0 Å². The van der Waals surface area contributed by atoms with Crippen LogP contribution in [0.15, 0.2) is 29.0 Å². The van der Waals surface area contributed by atoms with Crippen LogP contribution in [0.3, 0.4) is 0 Å². The van der Waals surface area contributed by atoms with Crippen molar-refractivity contribution in [1.82, 2.24) is 20.4 Å². The topological polar surface area (TPSA) is 96.2 Å². The van der Waals surface area contributed by atoms with Crippen molar-refractivity contribution in [3.05, 3.63) is 30.4 Å². The number of hydrogen-bond acceptors (Lipinski definition) is 6. The molecular formula is C11H14N6O2. The van der Waals surface area contributed by atoms with Gasteiger partial charge < -0.3 is 20.1 Å². The molecule has 2 amide bonds. The fraction of sp³-hybridized carbons (Fsp3) is 0.273. The van der Waals surface area contributed by atoms with E-state index in [0.717, 1.165) is 0 Å². The fourth-order valence-corrected chi connectivity index (χ4v) is 1.27. The van der Waals surface area contributed by atoms with E-state index in [-0.39, 0.29) is 12.6 Å². The number of aromatic nitrogens is 3. The summed E-state index contributed by atoms with van der Waals surface area (Å²) >= 11 is 0. The minimum Gasteiger partial charge on any atom is -0.344 e. The average molecular weight is 262 g/mol. The zero-order valence-electron chi connectivity index (χ0n) is 10.6. The van der Waals surface area contributed by atoms with Crippen molar-refractivity contribution >= 4 is 17.7 Å². The van der Waals surface area contributed by atoms with E-state index in [1.807, 2.05) is 0 Å². The van der Waals surface area contributed by atoms with Gasteiger partial charge in [-0.05, 0) is 17.3 Å². The lowest BCUT2D eigenvalue weighted by atomic mass is 10.4. The summed E-state index contributed by atoms with van der Waals surface area (Å²) in [6, 6.07) is 3.11. The summed E-state index contributed by atoms with van der Waals surface area (Å²) in [5.41, 5.74) is 0.611. The molecule has 8 heteroatoms. The van der Waals surface area contributed by atoms with Crippen LogP contribution in [-0.4, -0.2) is 35.3 Å². The van der Waals surface area contributed by atoms with Crippen molar-refractivity contribution in [1.29, 1.82) is 0 Å². The Labute approximate surface area is 109 Å². The molecule has 0 spiro atoms. The molecule has 0 aliphatic carbocycles. The molecule has 0 aliphatic heterocycles. The number of urea groups is 1. The van der Waals surface area contributed by atoms with Crippen LogP contribution in [0.5, 0.6) is 0 Å². The van der Waals surface area contributed by atoms with E-state index in [1.54, 1.807) is 43.5 Å². The monoisotopic (exact) mass is 262 g/mol. The third kappa shape index (κ3) is 3.66. The number of amides is 2. The van der Waals surface area contributed by atoms with Crippen molar-refractivity contribution in [3.63, 3.8) is 0 Å². The van der Waals surface area contributed by atoms with E-state index in [4.69, 9.17) is 4.52 Å². The molecule has 2 rings (SSSR count). The lowest BCUT2D eigenvalue weighted by molar-refractivity contribution is 0.249. The number of carbonyl (C=O) groups excluding carboxylic acids is 1. The first-order chi connectivity index (χ1) is 9.15. The number of carbonyl (C=O) groups is 1. The number of rotatable bonds is 4. The van der Waals surface area contributed by atoms with Gasteiger partial charge in [0, 0.05) is 20.3 Å². The lowest BCUT2D eigenvalue weighted by Crippen LogP contribution is -2.28. The van der Waals surface area contributed by atoms with Crippen molar-refractivity contribution in [2.75, 3.05) is 24.3 Å². The minimum atomic E-state index is -0.363. The summed E-state index contributed by atoms with van der Waals surface area (Å²) in [5, 5.41) is 8.97. The molecule has 0 fully saturated rings. The zero-order chi connectivity index (χ0) is 13.7. The molecule has 0 saturated heterocycles. The summed E-state index contributed by atoms with van der Waals surface area (Å²) in [6.07, 6.45) is 3.18. The van der Waals surface area contributed by atoms with Crippen LogP contribution >= 0.6 is 0 Å². The van der Waals surface area contributed by atoms with Gasteiger partial charge in [-0.15, -0.1) is 0 Å². The number of pyridine rings is 1. The second-order valence-electron chi connectivity index (χ2n) is 3.93. The predicted molar refractivity (Wildman–Crippen MR) is 68.7 cm³/mol. The lowest BCUT2D eigenvalue weighted by Gasteiger charge is -2.05. The first-order valence-corrected chi connectivity index (χ1v) is 5.60. The van der Waals surface area contributed by atoms with E-state index in [2.05, 4.69) is 25.8 Å². The van der Waals surface area contributed by atoms with E-state index in [9.17, 15) is 4.79 Å². The van der Waals surface area contributed by atoms with Crippen molar-refractivity contribution < 1.29 is 9.32 Å². The summed E-state index contributed by atoms with van der Waals surface area (Å²) in [4.78, 5) is 21.3. The van der Waals surface area contributed by atoms with Gasteiger partial charge in [-0.2, -0.15) is 4.98 Å². The standard InChI is InChI=1S/C11H14N6O2/c1-17(2)10-15-9(19-16-10)7-13-11(18)14-8-4-3-5-12-6-8/h3-6H,7H2,1-2H3,(H2,13,14,18). The van der Waals surface area contributed by atoms with Crippen LogP contribution in [0.1, 0.15) is 5.89 Å². The summed E-state index contributed by atoms with van der Waals surface area (Å²) in [6.45, 7) is 0.160. The second kappa shape index (κ2) is 5.80. The Balaban J connectivity index is 1.83. The molecule has 0 unspecified atom stereocenters. The molecule has 0 saturated carbocycles. The first-order valence-electron chi connectivity index (χ1n) is 5.60. The Morgan fingerprint density at radius 1 is 1.47 bits per heavy atom. The minimum absolute atomic E-state index is 0.160. The van der Waals surface area contributed by atoms with Gasteiger partial charge in [0.1, 0.15) is 0 Å². The quantitative estimate of drug-likeness (QED) is 0.848. The third-order valence-corrected chi connectivity index (χ3v) is 2.18. The Morgan fingerprint density at radius 3 is 2.95 bits per heavy atom. The Bertz CT molecular complexity index is 539. The summed E-state index contributed by atoms with van der Waals surface area (Å²) in [7, 11) is 3.61. The molecule has 0 aromatic carbocycles. The van der Waals surface area contributed by atoms with Crippen LogP contribution < -0.4 is 15.5 Å². The van der Waals surface area contributed by atoms with Crippen LogP contribution in [0.25, 0.3) is 0 Å². The molecular weight excluding hydrogens is 248 g/mol. The Hall–Kier alpha value is -2.64. The highest BCUT2D eigenvalue weighted by atomic mass is 16.5. The highest BCUT2D eigenvalue weighted by Crippen LogP contribution is 2.05. The van der Waals surface area contributed by atoms with E-state index in [1.165, 1.54) is 0 Å². The van der Waals surface area contributed by atoms with Crippen LogP contribution in [-0.2, 0) is 6.54 Å². The third-order valence-electron chi connectivity index (χ3n) is 2.18. The first kappa shape index (κ1) is 12.8.